The molecule has 0 bridgehead atoms. The Morgan fingerprint density at radius 1 is 1.03 bits per heavy atom. The highest BCUT2D eigenvalue weighted by Crippen LogP contribution is 2.33. The van der Waals surface area contributed by atoms with Crippen LogP contribution in [-0.2, 0) is 14.8 Å². The lowest BCUT2D eigenvalue weighted by molar-refractivity contribution is -0.122. The monoisotopic (exact) mass is 432 g/mol. The van der Waals surface area contributed by atoms with E-state index in [1.807, 2.05) is 51.1 Å². The first kappa shape index (κ1) is 22.0. The third-order valence-corrected chi connectivity index (χ3v) is 6.34. The lowest BCUT2D eigenvalue weighted by Crippen LogP contribution is -2.48. The van der Waals surface area contributed by atoms with Gasteiger partial charge in [-0.3, -0.25) is 9.10 Å². The minimum absolute atomic E-state index is 0.337. The zero-order chi connectivity index (χ0) is 22.1. The van der Waals surface area contributed by atoms with Crippen LogP contribution < -0.4 is 19.1 Å². The summed E-state index contributed by atoms with van der Waals surface area (Å²) in [4.78, 5) is 13.0. The van der Waals surface area contributed by atoms with Crippen molar-refractivity contribution in [3.63, 3.8) is 0 Å². The maximum Gasteiger partial charge on any atom is 0.244 e. The molecule has 3 rings (SSSR count). The first-order valence-corrected chi connectivity index (χ1v) is 11.7. The van der Waals surface area contributed by atoms with Gasteiger partial charge in [-0.2, -0.15) is 0 Å². The van der Waals surface area contributed by atoms with Gasteiger partial charge in [0, 0.05) is 0 Å². The molecule has 0 aromatic heterocycles. The molecule has 7 nitrogen and oxygen atoms in total. The Hall–Kier alpha value is -2.74. The fourth-order valence-corrected chi connectivity index (χ4v) is 4.71. The van der Waals surface area contributed by atoms with Gasteiger partial charge in [0.05, 0.1) is 18.0 Å². The lowest BCUT2D eigenvalue weighted by Gasteiger charge is -2.30. The van der Waals surface area contributed by atoms with Crippen LogP contribution in [0.4, 0.5) is 5.69 Å². The number of fused-ring (bicyclic) bond motifs is 1. The Kier molecular flexibility index (Phi) is 6.26. The Morgan fingerprint density at radius 2 is 1.70 bits per heavy atom. The maximum atomic E-state index is 13.0. The second kappa shape index (κ2) is 8.55. The Morgan fingerprint density at radius 3 is 2.37 bits per heavy atom. The van der Waals surface area contributed by atoms with Crippen LogP contribution in [0.25, 0.3) is 0 Å². The van der Waals surface area contributed by atoms with Crippen molar-refractivity contribution < 1.29 is 22.7 Å². The number of anilines is 1. The van der Waals surface area contributed by atoms with Gasteiger partial charge in [-0.05, 0) is 62.6 Å². The van der Waals surface area contributed by atoms with Gasteiger partial charge >= 0.3 is 0 Å². The lowest BCUT2D eigenvalue weighted by atomic mass is 10.1. The minimum Gasteiger partial charge on any atom is -0.486 e. The first-order valence-electron chi connectivity index (χ1n) is 9.84. The molecule has 0 radical (unpaired) electrons. The number of nitrogens with one attached hydrogen (secondary N) is 1. The van der Waals surface area contributed by atoms with E-state index in [2.05, 4.69) is 5.32 Å². The van der Waals surface area contributed by atoms with Gasteiger partial charge in [-0.25, -0.2) is 8.42 Å². The maximum absolute atomic E-state index is 13.0. The van der Waals surface area contributed by atoms with Crippen molar-refractivity contribution in [1.29, 1.82) is 0 Å². The van der Waals surface area contributed by atoms with Gasteiger partial charge in [0.2, 0.25) is 15.9 Å². The molecule has 0 saturated carbocycles. The number of nitrogens with zero attached hydrogens (tertiary/aromatic N) is 1. The van der Waals surface area contributed by atoms with E-state index in [4.69, 9.17) is 9.47 Å². The smallest absolute Gasteiger partial charge is 0.244 e. The van der Waals surface area contributed by atoms with Crippen molar-refractivity contribution >= 4 is 21.6 Å². The van der Waals surface area contributed by atoms with E-state index in [1.54, 1.807) is 13.0 Å². The van der Waals surface area contributed by atoms with Crippen molar-refractivity contribution in [3.05, 3.63) is 53.1 Å². The van der Waals surface area contributed by atoms with E-state index >= 15 is 0 Å². The van der Waals surface area contributed by atoms with E-state index in [1.165, 1.54) is 4.31 Å². The topological polar surface area (TPSA) is 84.9 Å². The first-order chi connectivity index (χ1) is 14.1. The van der Waals surface area contributed by atoms with Gasteiger partial charge in [-0.1, -0.05) is 18.2 Å². The number of ether oxygens (including phenoxy) is 2. The molecule has 0 fully saturated rings. The average molecular weight is 433 g/mol. The SMILES string of the molecule is Cc1ccc(C)c(N([C@H](C)C(=O)N[C@@H](C)c2ccc3c(c2)OCCO3)S(C)(=O)=O)c1. The number of sulfonamides is 1. The summed E-state index contributed by atoms with van der Waals surface area (Å²) in [6, 6.07) is 9.81. The molecule has 162 valence electrons. The van der Waals surface area contributed by atoms with Crippen LogP contribution in [0.5, 0.6) is 11.5 Å². The second-order valence-electron chi connectivity index (χ2n) is 7.66. The fourth-order valence-electron chi connectivity index (χ4n) is 3.48. The number of hydrogen-bond acceptors (Lipinski definition) is 5. The Labute approximate surface area is 178 Å². The molecule has 1 aliphatic heterocycles. The summed E-state index contributed by atoms with van der Waals surface area (Å²) in [5.41, 5.74) is 3.05. The predicted octanol–water partition coefficient (Wildman–Crippen LogP) is 3.11. The normalized spacial score (nSPS) is 15.2. The third-order valence-electron chi connectivity index (χ3n) is 5.12. The summed E-state index contributed by atoms with van der Waals surface area (Å²) in [6.45, 7) is 8.14. The number of amides is 1. The molecule has 2 aromatic rings. The van der Waals surface area contributed by atoms with Crippen molar-refractivity contribution in [1.82, 2.24) is 5.32 Å². The molecular formula is C22H28N2O5S. The molecule has 1 heterocycles. The fraction of sp³-hybridized carbons (Fsp3) is 0.409. The van der Waals surface area contributed by atoms with Crippen LogP contribution >= 0.6 is 0 Å². The average Bonchev–Trinajstić information content (AvgIpc) is 2.69. The number of carbonyl (C=O) groups is 1. The highest BCUT2D eigenvalue weighted by molar-refractivity contribution is 7.92. The van der Waals surface area contributed by atoms with Crippen molar-refractivity contribution in [3.8, 4) is 11.5 Å². The summed E-state index contributed by atoms with van der Waals surface area (Å²) < 4.78 is 37.5. The summed E-state index contributed by atoms with van der Waals surface area (Å²) in [5, 5.41) is 2.92. The molecule has 0 saturated heterocycles. The van der Waals surface area contributed by atoms with Crippen LogP contribution in [0, 0.1) is 13.8 Å². The van der Waals surface area contributed by atoms with E-state index in [-0.39, 0.29) is 11.9 Å². The summed E-state index contributed by atoms with van der Waals surface area (Å²) >= 11 is 0. The number of benzene rings is 2. The summed E-state index contributed by atoms with van der Waals surface area (Å²) in [7, 11) is -3.68. The van der Waals surface area contributed by atoms with E-state index in [0.717, 1.165) is 22.9 Å². The largest absolute Gasteiger partial charge is 0.486 e. The van der Waals surface area contributed by atoms with Crippen LogP contribution in [0.3, 0.4) is 0 Å². The standard InChI is InChI=1S/C22H28N2O5S/c1-14-6-7-15(2)19(12-14)24(30(5,26)27)17(4)22(25)23-16(3)18-8-9-20-21(13-18)29-11-10-28-20/h6-9,12-13,16-17H,10-11H2,1-5H3,(H,23,25)/t16-,17+/m0/s1. The highest BCUT2D eigenvalue weighted by Gasteiger charge is 2.31. The number of rotatable bonds is 6. The minimum atomic E-state index is -3.68. The van der Waals surface area contributed by atoms with E-state index in [9.17, 15) is 13.2 Å². The van der Waals surface area contributed by atoms with Crippen LogP contribution in [0.1, 0.15) is 36.6 Å². The van der Waals surface area contributed by atoms with Gasteiger partial charge < -0.3 is 14.8 Å². The van der Waals surface area contributed by atoms with Gasteiger partial charge in [0.25, 0.3) is 0 Å². The van der Waals surface area contributed by atoms with E-state index < -0.39 is 16.1 Å². The number of hydrogen-bond donors (Lipinski definition) is 1. The molecule has 2 atom stereocenters. The predicted molar refractivity (Wildman–Crippen MR) is 117 cm³/mol. The molecule has 0 spiro atoms. The van der Waals surface area contributed by atoms with Crippen molar-refractivity contribution in [2.24, 2.45) is 0 Å². The Bertz CT molecular complexity index is 1050. The molecule has 0 unspecified atom stereocenters. The zero-order valence-corrected chi connectivity index (χ0v) is 18.7. The van der Waals surface area contributed by atoms with Crippen LogP contribution in [0.2, 0.25) is 0 Å². The molecule has 2 aromatic carbocycles. The van der Waals surface area contributed by atoms with E-state index in [0.29, 0.717) is 30.4 Å². The molecule has 1 amide bonds. The molecule has 1 N–H and O–H groups in total. The second-order valence-corrected chi connectivity index (χ2v) is 9.52. The molecule has 30 heavy (non-hydrogen) atoms. The molecule has 1 aliphatic rings. The van der Waals surface area contributed by atoms with Crippen molar-refractivity contribution in [2.45, 2.75) is 39.8 Å². The van der Waals surface area contributed by atoms with Gasteiger partial charge in [0.1, 0.15) is 19.3 Å². The van der Waals surface area contributed by atoms with Crippen LogP contribution in [-0.4, -0.2) is 39.8 Å². The zero-order valence-electron chi connectivity index (χ0n) is 17.9. The number of carbonyl (C=O) groups excluding carboxylic acids is 1. The molecular weight excluding hydrogens is 404 g/mol. The van der Waals surface area contributed by atoms with Gasteiger partial charge in [0.15, 0.2) is 11.5 Å². The highest BCUT2D eigenvalue weighted by atomic mass is 32.2. The van der Waals surface area contributed by atoms with Crippen molar-refractivity contribution in [2.75, 3.05) is 23.8 Å². The number of aryl methyl sites for hydroxylation is 2. The third kappa shape index (κ3) is 4.70. The quantitative estimate of drug-likeness (QED) is 0.758. The summed E-state index contributed by atoms with van der Waals surface area (Å²) in [5.74, 6) is 0.930. The van der Waals surface area contributed by atoms with Gasteiger partial charge in [-0.15, -0.1) is 0 Å². The molecule has 8 heteroatoms. The Balaban J connectivity index is 1.83. The summed E-state index contributed by atoms with van der Waals surface area (Å²) in [6.07, 6.45) is 1.11. The molecule has 0 aliphatic carbocycles. The van der Waals surface area contributed by atoms with Crippen LogP contribution in [0.15, 0.2) is 36.4 Å².